The van der Waals surface area contributed by atoms with Gasteiger partial charge in [0.05, 0.1) is 5.54 Å². The summed E-state index contributed by atoms with van der Waals surface area (Å²) in [5.74, 6) is 0.616. The second kappa shape index (κ2) is 5.35. The zero-order chi connectivity index (χ0) is 13.1. The van der Waals surface area contributed by atoms with Crippen LogP contribution in [0.4, 0.5) is 0 Å². The highest BCUT2D eigenvalue weighted by molar-refractivity contribution is 5.83. The summed E-state index contributed by atoms with van der Waals surface area (Å²) >= 11 is 0. The number of hydrogen-bond donors (Lipinski definition) is 2. The molecule has 0 unspecified atom stereocenters. The second-order valence-electron chi connectivity index (χ2n) is 4.69. The molecule has 0 atom stereocenters. The fourth-order valence-electron chi connectivity index (χ4n) is 2.04. The number of aliphatic imine (C=N–C) groups is 1. The lowest BCUT2D eigenvalue weighted by atomic mass is 10.0. The van der Waals surface area contributed by atoms with Crippen LogP contribution in [0.1, 0.15) is 13.8 Å². The summed E-state index contributed by atoms with van der Waals surface area (Å²) in [6, 6.07) is 0. The van der Waals surface area contributed by atoms with Gasteiger partial charge in [-0.3, -0.25) is 14.7 Å². The molecule has 0 spiro atoms. The highest BCUT2D eigenvalue weighted by Crippen LogP contribution is 2.16. The maximum Gasteiger partial charge on any atom is 0.237 e. The van der Waals surface area contributed by atoms with Gasteiger partial charge in [0.1, 0.15) is 0 Å². The molecule has 1 heterocycles. The van der Waals surface area contributed by atoms with Crippen LogP contribution >= 0.6 is 0 Å². The van der Waals surface area contributed by atoms with E-state index in [-0.39, 0.29) is 5.91 Å². The van der Waals surface area contributed by atoms with Gasteiger partial charge in [-0.1, -0.05) is 0 Å². The predicted octanol–water partition coefficient (Wildman–Crippen LogP) is -0.927. The van der Waals surface area contributed by atoms with Crippen molar-refractivity contribution in [3.8, 4) is 0 Å². The van der Waals surface area contributed by atoms with Crippen molar-refractivity contribution in [1.82, 2.24) is 15.1 Å². The summed E-state index contributed by atoms with van der Waals surface area (Å²) in [6.07, 6.45) is 0. The van der Waals surface area contributed by atoms with E-state index >= 15 is 0 Å². The molecule has 0 bridgehead atoms. The normalized spacial score (nSPS) is 19.3. The SMILES string of the molecule is CN=C(NC)N1CCN(C(C)(C)C(N)=O)CC1. The van der Waals surface area contributed by atoms with Crippen molar-refractivity contribution in [3.63, 3.8) is 0 Å². The molecule has 3 N–H and O–H groups in total. The van der Waals surface area contributed by atoms with E-state index in [0.717, 1.165) is 32.1 Å². The molecule has 17 heavy (non-hydrogen) atoms. The maximum absolute atomic E-state index is 11.4. The summed E-state index contributed by atoms with van der Waals surface area (Å²) in [5.41, 5.74) is 4.84. The lowest BCUT2D eigenvalue weighted by Crippen LogP contribution is -2.61. The van der Waals surface area contributed by atoms with Gasteiger partial charge >= 0.3 is 0 Å². The third-order valence-electron chi connectivity index (χ3n) is 3.41. The van der Waals surface area contributed by atoms with E-state index in [1.807, 2.05) is 20.9 Å². The van der Waals surface area contributed by atoms with E-state index in [0.29, 0.717) is 0 Å². The summed E-state index contributed by atoms with van der Waals surface area (Å²) < 4.78 is 0. The second-order valence-corrected chi connectivity index (χ2v) is 4.69. The van der Waals surface area contributed by atoms with Crippen LogP contribution in [-0.2, 0) is 4.79 Å². The number of primary amides is 1. The monoisotopic (exact) mass is 241 g/mol. The minimum Gasteiger partial charge on any atom is -0.368 e. The molecule has 0 saturated carbocycles. The van der Waals surface area contributed by atoms with Crippen molar-refractivity contribution in [2.24, 2.45) is 10.7 Å². The Morgan fingerprint density at radius 1 is 1.29 bits per heavy atom. The minimum atomic E-state index is -0.574. The Bertz CT molecular complexity index is 305. The molecule has 0 aromatic carbocycles. The zero-order valence-corrected chi connectivity index (χ0v) is 11.2. The van der Waals surface area contributed by atoms with Gasteiger partial charge in [0.15, 0.2) is 5.96 Å². The lowest BCUT2D eigenvalue weighted by molar-refractivity contribution is -0.129. The van der Waals surface area contributed by atoms with Crippen LogP contribution < -0.4 is 11.1 Å². The van der Waals surface area contributed by atoms with E-state index in [1.54, 1.807) is 7.05 Å². The van der Waals surface area contributed by atoms with Crippen LogP contribution in [0.25, 0.3) is 0 Å². The summed E-state index contributed by atoms with van der Waals surface area (Å²) in [6.45, 7) is 7.08. The van der Waals surface area contributed by atoms with Crippen molar-refractivity contribution in [3.05, 3.63) is 0 Å². The van der Waals surface area contributed by atoms with Gasteiger partial charge < -0.3 is 16.0 Å². The van der Waals surface area contributed by atoms with Gasteiger partial charge in [-0.25, -0.2) is 0 Å². The molecule has 98 valence electrons. The molecule has 0 aromatic rings. The van der Waals surface area contributed by atoms with Gasteiger partial charge in [-0.2, -0.15) is 0 Å². The smallest absolute Gasteiger partial charge is 0.237 e. The number of carbonyl (C=O) groups excluding carboxylic acids is 1. The molecular weight excluding hydrogens is 218 g/mol. The average Bonchev–Trinajstić information content (AvgIpc) is 2.31. The number of carbonyl (C=O) groups is 1. The molecule has 0 radical (unpaired) electrons. The van der Waals surface area contributed by atoms with Crippen LogP contribution in [-0.4, -0.2) is 67.5 Å². The molecule has 6 heteroatoms. The molecule has 6 nitrogen and oxygen atoms in total. The fraction of sp³-hybridized carbons (Fsp3) is 0.818. The van der Waals surface area contributed by atoms with E-state index in [9.17, 15) is 4.79 Å². The first-order chi connectivity index (χ1) is 7.93. The molecule has 1 fully saturated rings. The van der Waals surface area contributed by atoms with Crippen LogP contribution in [0, 0.1) is 0 Å². The van der Waals surface area contributed by atoms with E-state index in [4.69, 9.17) is 5.73 Å². The minimum absolute atomic E-state index is 0.274. The number of guanidine groups is 1. The lowest BCUT2D eigenvalue weighted by Gasteiger charge is -2.42. The van der Waals surface area contributed by atoms with Gasteiger partial charge in [0.2, 0.25) is 5.91 Å². The standard InChI is InChI=1S/C11H23N5O/c1-11(2,9(12)17)16-7-5-15(6-8-16)10(13-3)14-4/h5-8H2,1-4H3,(H2,12,17)(H,13,14). The third-order valence-corrected chi connectivity index (χ3v) is 3.41. The molecule has 0 aromatic heterocycles. The van der Waals surface area contributed by atoms with Crippen LogP contribution in [0.5, 0.6) is 0 Å². The first kappa shape index (κ1) is 13.8. The van der Waals surface area contributed by atoms with Gasteiger partial charge in [-0.05, 0) is 13.8 Å². The van der Waals surface area contributed by atoms with Gasteiger partial charge in [0, 0.05) is 40.3 Å². The molecule has 0 aliphatic carbocycles. The van der Waals surface area contributed by atoms with Gasteiger partial charge in [0.25, 0.3) is 0 Å². The quantitative estimate of drug-likeness (QED) is 0.484. The largest absolute Gasteiger partial charge is 0.368 e. The van der Waals surface area contributed by atoms with Crippen molar-refractivity contribution >= 4 is 11.9 Å². The first-order valence-electron chi connectivity index (χ1n) is 5.88. The molecule has 1 amide bonds. The number of nitrogens with two attached hydrogens (primary N) is 1. The molecule has 1 aliphatic heterocycles. The molecular formula is C11H23N5O. The highest BCUT2D eigenvalue weighted by Gasteiger charge is 2.34. The number of rotatable bonds is 2. The fourth-order valence-corrected chi connectivity index (χ4v) is 2.04. The van der Waals surface area contributed by atoms with Crippen molar-refractivity contribution in [1.29, 1.82) is 0 Å². The maximum atomic E-state index is 11.4. The number of hydrogen-bond acceptors (Lipinski definition) is 3. The van der Waals surface area contributed by atoms with Crippen molar-refractivity contribution in [2.75, 3.05) is 40.3 Å². The van der Waals surface area contributed by atoms with E-state index < -0.39 is 5.54 Å². The van der Waals surface area contributed by atoms with Crippen molar-refractivity contribution < 1.29 is 4.79 Å². The Morgan fingerprint density at radius 2 is 1.82 bits per heavy atom. The van der Waals surface area contributed by atoms with Crippen LogP contribution in [0.15, 0.2) is 4.99 Å². The first-order valence-corrected chi connectivity index (χ1v) is 5.88. The third kappa shape index (κ3) is 2.88. The Morgan fingerprint density at radius 3 is 2.18 bits per heavy atom. The Kier molecular flexibility index (Phi) is 4.34. The number of nitrogens with zero attached hydrogens (tertiary/aromatic N) is 3. The Hall–Kier alpha value is -1.30. The molecule has 1 aliphatic rings. The summed E-state index contributed by atoms with van der Waals surface area (Å²) in [5, 5.41) is 3.06. The Balaban J connectivity index is 2.60. The van der Waals surface area contributed by atoms with E-state index in [1.165, 1.54) is 0 Å². The van der Waals surface area contributed by atoms with Crippen LogP contribution in [0.3, 0.4) is 0 Å². The zero-order valence-electron chi connectivity index (χ0n) is 11.2. The van der Waals surface area contributed by atoms with E-state index in [2.05, 4.69) is 20.1 Å². The number of amides is 1. The summed E-state index contributed by atoms with van der Waals surface area (Å²) in [7, 11) is 3.63. The van der Waals surface area contributed by atoms with Crippen molar-refractivity contribution in [2.45, 2.75) is 19.4 Å². The summed E-state index contributed by atoms with van der Waals surface area (Å²) in [4.78, 5) is 19.8. The topological polar surface area (TPSA) is 74.0 Å². The number of piperazine rings is 1. The van der Waals surface area contributed by atoms with Crippen LogP contribution in [0.2, 0.25) is 0 Å². The predicted molar refractivity (Wildman–Crippen MR) is 68.8 cm³/mol. The number of nitrogens with one attached hydrogen (secondary N) is 1. The van der Waals surface area contributed by atoms with Gasteiger partial charge in [-0.15, -0.1) is 0 Å². The highest BCUT2D eigenvalue weighted by atomic mass is 16.1. The molecule has 1 rings (SSSR count). The Labute approximate surface area is 103 Å². The molecule has 1 saturated heterocycles. The average molecular weight is 241 g/mol.